The number of benzene rings is 1. The smallest absolute Gasteiger partial charge is 0.287 e. The number of aromatic nitrogens is 2. The van der Waals surface area contributed by atoms with Crippen molar-refractivity contribution < 1.29 is 9.59 Å². The van der Waals surface area contributed by atoms with E-state index < -0.39 is 11.7 Å². The summed E-state index contributed by atoms with van der Waals surface area (Å²) >= 11 is 0. The molecule has 1 heterocycles. The van der Waals surface area contributed by atoms with Gasteiger partial charge >= 0.3 is 0 Å². The molecule has 0 aliphatic heterocycles. The molecule has 0 unspecified atom stereocenters. The first kappa shape index (κ1) is 11.3. The Labute approximate surface area is 98.2 Å². The van der Waals surface area contributed by atoms with Gasteiger partial charge < -0.3 is 10.3 Å². The monoisotopic (exact) mass is 231 g/mol. The van der Waals surface area contributed by atoms with Gasteiger partial charge in [-0.05, 0) is 24.6 Å². The van der Waals surface area contributed by atoms with Gasteiger partial charge in [0.05, 0.1) is 11.0 Å². The third kappa shape index (κ3) is 2.50. The summed E-state index contributed by atoms with van der Waals surface area (Å²) in [6, 6.07) is 5.67. The standard InChI is InChI=1S/C12H13N3O2/c1-7(16)12(17)13-6-9-3-4-10-11(5-9)15-8(2)14-10/h3-5H,6H2,1-2H3,(H,13,17)(H,14,15). The van der Waals surface area contributed by atoms with Crippen molar-refractivity contribution in [2.75, 3.05) is 0 Å². The maximum Gasteiger partial charge on any atom is 0.287 e. The predicted octanol–water partition coefficient (Wildman–Crippen LogP) is 1.08. The van der Waals surface area contributed by atoms with E-state index in [4.69, 9.17) is 0 Å². The number of ketones is 1. The molecule has 5 heteroatoms. The fraction of sp³-hybridized carbons (Fsp3) is 0.250. The van der Waals surface area contributed by atoms with Gasteiger partial charge in [-0.15, -0.1) is 0 Å². The number of H-pyrrole nitrogens is 1. The third-order valence-electron chi connectivity index (χ3n) is 2.44. The number of aromatic amines is 1. The summed E-state index contributed by atoms with van der Waals surface area (Å²) in [6.45, 7) is 3.47. The van der Waals surface area contributed by atoms with Crippen LogP contribution in [0.1, 0.15) is 18.3 Å². The first-order valence-corrected chi connectivity index (χ1v) is 5.30. The zero-order chi connectivity index (χ0) is 12.4. The highest BCUT2D eigenvalue weighted by Gasteiger charge is 2.07. The van der Waals surface area contributed by atoms with Crippen LogP contribution in [-0.4, -0.2) is 21.7 Å². The van der Waals surface area contributed by atoms with Gasteiger partial charge in [-0.2, -0.15) is 0 Å². The second-order valence-electron chi connectivity index (χ2n) is 3.91. The van der Waals surface area contributed by atoms with Gasteiger partial charge in [-0.1, -0.05) is 6.07 Å². The highest BCUT2D eigenvalue weighted by Crippen LogP contribution is 2.13. The molecule has 0 aliphatic carbocycles. The van der Waals surface area contributed by atoms with Crippen molar-refractivity contribution in [3.8, 4) is 0 Å². The van der Waals surface area contributed by atoms with Gasteiger partial charge in [0, 0.05) is 13.5 Å². The quantitative estimate of drug-likeness (QED) is 0.776. The summed E-state index contributed by atoms with van der Waals surface area (Å²) in [5, 5.41) is 2.55. The molecule has 0 saturated carbocycles. The number of carbonyl (C=O) groups excluding carboxylic acids is 2. The number of Topliss-reactive ketones (excluding diaryl/α,β-unsaturated/α-hetero) is 1. The van der Waals surface area contributed by atoms with E-state index in [9.17, 15) is 9.59 Å². The molecule has 5 nitrogen and oxygen atoms in total. The maximum atomic E-state index is 11.1. The number of aryl methyl sites for hydroxylation is 1. The van der Waals surface area contributed by atoms with Crippen molar-refractivity contribution in [3.63, 3.8) is 0 Å². The van der Waals surface area contributed by atoms with Crippen molar-refractivity contribution in [1.29, 1.82) is 0 Å². The molecular formula is C12H13N3O2. The molecule has 0 saturated heterocycles. The lowest BCUT2D eigenvalue weighted by Gasteiger charge is -2.02. The van der Waals surface area contributed by atoms with Gasteiger partial charge in [0.2, 0.25) is 5.78 Å². The molecule has 1 aromatic carbocycles. The number of hydrogen-bond acceptors (Lipinski definition) is 3. The summed E-state index contributed by atoms with van der Waals surface area (Å²) in [5.41, 5.74) is 2.75. The van der Waals surface area contributed by atoms with E-state index in [-0.39, 0.29) is 0 Å². The van der Waals surface area contributed by atoms with Crippen LogP contribution < -0.4 is 5.32 Å². The van der Waals surface area contributed by atoms with Crippen molar-refractivity contribution >= 4 is 22.7 Å². The summed E-state index contributed by atoms with van der Waals surface area (Å²) < 4.78 is 0. The number of nitrogens with one attached hydrogen (secondary N) is 2. The Morgan fingerprint density at radius 2 is 2.18 bits per heavy atom. The lowest BCUT2D eigenvalue weighted by molar-refractivity contribution is -0.136. The van der Waals surface area contributed by atoms with Crippen LogP contribution in [0.5, 0.6) is 0 Å². The summed E-state index contributed by atoms with van der Waals surface area (Å²) in [6.07, 6.45) is 0. The number of hydrogen-bond donors (Lipinski definition) is 2. The van der Waals surface area contributed by atoms with E-state index in [1.54, 1.807) is 0 Å². The molecule has 2 aromatic rings. The zero-order valence-corrected chi connectivity index (χ0v) is 9.70. The molecule has 0 radical (unpaired) electrons. The summed E-state index contributed by atoms with van der Waals surface area (Å²) in [4.78, 5) is 29.3. The van der Waals surface area contributed by atoms with Crippen LogP contribution >= 0.6 is 0 Å². The number of imidazole rings is 1. The molecule has 2 rings (SSSR count). The Morgan fingerprint density at radius 3 is 2.88 bits per heavy atom. The van der Waals surface area contributed by atoms with Crippen LogP contribution in [0.2, 0.25) is 0 Å². The van der Waals surface area contributed by atoms with E-state index in [1.807, 2.05) is 25.1 Å². The molecule has 0 atom stereocenters. The fourth-order valence-electron chi connectivity index (χ4n) is 1.60. The Morgan fingerprint density at radius 1 is 1.41 bits per heavy atom. The second kappa shape index (κ2) is 4.37. The molecular weight excluding hydrogens is 218 g/mol. The molecule has 88 valence electrons. The minimum Gasteiger partial charge on any atom is -0.345 e. The third-order valence-corrected chi connectivity index (χ3v) is 2.44. The van der Waals surface area contributed by atoms with Gasteiger partial charge in [-0.25, -0.2) is 4.98 Å². The van der Waals surface area contributed by atoms with E-state index in [0.29, 0.717) is 6.54 Å². The van der Waals surface area contributed by atoms with E-state index in [0.717, 1.165) is 22.4 Å². The number of carbonyl (C=O) groups is 2. The highest BCUT2D eigenvalue weighted by atomic mass is 16.2. The van der Waals surface area contributed by atoms with E-state index in [2.05, 4.69) is 15.3 Å². The van der Waals surface area contributed by atoms with Gasteiger partial charge in [0.1, 0.15) is 5.82 Å². The molecule has 2 N–H and O–H groups in total. The summed E-state index contributed by atoms with van der Waals surface area (Å²) in [5.74, 6) is -0.195. The van der Waals surface area contributed by atoms with Crippen molar-refractivity contribution in [1.82, 2.24) is 15.3 Å². The van der Waals surface area contributed by atoms with Crippen LogP contribution in [-0.2, 0) is 16.1 Å². The van der Waals surface area contributed by atoms with Crippen LogP contribution in [0.4, 0.5) is 0 Å². The topological polar surface area (TPSA) is 74.8 Å². The Bertz CT molecular complexity index is 586. The number of fused-ring (bicyclic) bond motifs is 1. The Kier molecular flexibility index (Phi) is 2.91. The minimum atomic E-state index is -0.564. The summed E-state index contributed by atoms with van der Waals surface area (Å²) in [7, 11) is 0. The van der Waals surface area contributed by atoms with Crippen LogP contribution in [0.25, 0.3) is 11.0 Å². The number of amides is 1. The molecule has 0 aliphatic rings. The minimum absolute atomic E-state index is 0.340. The molecule has 1 aromatic heterocycles. The predicted molar refractivity (Wildman–Crippen MR) is 63.4 cm³/mol. The molecule has 0 fully saturated rings. The van der Waals surface area contributed by atoms with Gasteiger partial charge in [-0.3, -0.25) is 9.59 Å². The molecule has 1 amide bonds. The molecule has 0 spiro atoms. The largest absolute Gasteiger partial charge is 0.345 e. The first-order valence-electron chi connectivity index (χ1n) is 5.30. The van der Waals surface area contributed by atoms with Crippen LogP contribution in [0.15, 0.2) is 18.2 Å². The van der Waals surface area contributed by atoms with Crippen molar-refractivity contribution in [2.45, 2.75) is 20.4 Å². The maximum absolute atomic E-state index is 11.1. The first-order chi connectivity index (χ1) is 8.06. The van der Waals surface area contributed by atoms with Gasteiger partial charge in [0.15, 0.2) is 0 Å². The number of nitrogens with zero attached hydrogens (tertiary/aromatic N) is 1. The number of rotatable bonds is 3. The lowest BCUT2D eigenvalue weighted by Crippen LogP contribution is -2.28. The average Bonchev–Trinajstić information content (AvgIpc) is 2.64. The molecule has 17 heavy (non-hydrogen) atoms. The fourth-order valence-corrected chi connectivity index (χ4v) is 1.60. The van der Waals surface area contributed by atoms with Gasteiger partial charge in [0.25, 0.3) is 5.91 Å². The SMILES string of the molecule is CC(=O)C(=O)NCc1ccc2nc(C)[nH]c2c1. The average molecular weight is 231 g/mol. The zero-order valence-electron chi connectivity index (χ0n) is 9.70. The second-order valence-corrected chi connectivity index (χ2v) is 3.91. The Hall–Kier alpha value is -2.17. The highest BCUT2D eigenvalue weighted by molar-refractivity contribution is 6.35. The van der Waals surface area contributed by atoms with Crippen molar-refractivity contribution in [2.24, 2.45) is 0 Å². The van der Waals surface area contributed by atoms with Crippen molar-refractivity contribution in [3.05, 3.63) is 29.6 Å². The molecule has 0 bridgehead atoms. The van der Waals surface area contributed by atoms with Crippen LogP contribution in [0, 0.1) is 6.92 Å². The van der Waals surface area contributed by atoms with E-state index in [1.165, 1.54) is 6.92 Å². The Balaban J connectivity index is 2.14. The van der Waals surface area contributed by atoms with E-state index >= 15 is 0 Å². The normalized spacial score (nSPS) is 10.5. The van der Waals surface area contributed by atoms with Crippen LogP contribution in [0.3, 0.4) is 0 Å². The lowest BCUT2D eigenvalue weighted by atomic mass is 10.2.